The lowest BCUT2D eigenvalue weighted by Gasteiger charge is -2.50. The number of hydrazine groups is 1. The summed E-state index contributed by atoms with van der Waals surface area (Å²) in [5.41, 5.74) is 3.24. The Balaban J connectivity index is 1.63. The zero-order valence-electron chi connectivity index (χ0n) is 12.6. The quantitative estimate of drug-likeness (QED) is 0.593. The van der Waals surface area contributed by atoms with Gasteiger partial charge in [0.2, 0.25) is 0 Å². The van der Waals surface area contributed by atoms with Crippen molar-refractivity contribution < 1.29 is 9.47 Å². The summed E-state index contributed by atoms with van der Waals surface area (Å²) in [5.74, 6) is 6.46. The van der Waals surface area contributed by atoms with Crippen molar-refractivity contribution in [3.8, 4) is 0 Å². The molecule has 3 atom stereocenters. The molecule has 5 heteroatoms. The van der Waals surface area contributed by atoms with Crippen molar-refractivity contribution in [3.63, 3.8) is 0 Å². The van der Waals surface area contributed by atoms with Gasteiger partial charge in [0.05, 0.1) is 24.4 Å². The SMILES string of the molecule is CCN1CCOC(C(NN)C2CCOC3(CCC3)C2)C1. The second-order valence-electron chi connectivity index (χ2n) is 6.63. The predicted octanol–water partition coefficient (Wildman–Crippen LogP) is 0.888. The normalized spacial score (nSPS) is 35.7. The summed E-state index contributed by atoms with van der Waals surface area (Å²) in [6.07, 6.45) is 6.24. The molecular formula is C15H29N3O2. The van der Waals surface area contributed by atoms with Crippen molar-refractivity contribution in [3.05, 3.63) is 0 Å². The van der Waals surface area contributed by atoms with Crippen LogP contribution in [0.5, 0.6) is 0 Å². The van der Waals surface area contributed by atoms with E-state index in [4.69, 9.17) is 15.3 Å². The third-order valence-electron chi connectivity index (χ3n) is 5.52. The lowest BCUT2D eigenvalue weighted by Crippen LogP contribution is -2.59. The van der Waals surface area contributed by atoms with Crippen molar-refractivity contribution in [2.24, 2.45) is 11.8 Å². The fraction of sp³-hybridized carbons (Fsp3) is 1.00. The Morgan fingerprint density at radius 2 is 2.25 bits per heavy atom. The summed E-state index contributed by atoms with van der Waals surface area (Å²) in [7, 11) is 0. The molecule has 5 nitrogen and oxygen atoms in total. The van der Waals surface area contributed by atoms with Gasteiger partial charge in [0.15, 0.2) is 0 Å². The Kier molecular flexibility index (Phi) is 4.62. The van der Waals surface area contributed by atoms with Gasteiger partial charge in [-0.2, -0.15) is 0 Å². The van der Waals surface area contributed by atoms with E-state index in [1.54, 1.807) is 0 Å². The van der Waals surface area contributed by atoms with Gasteiger partial charge in [-0.25, -0.2) is 0 Å². The lowest BCUT2D eigenvalue weighted by molar-refractivity contribution is -0.156. The standard InChI is InChI=1S/C15H29N3O2/c1-2-18-7-9-19-13(11-18)14(17-16)12-4-8-20-15(10-12)5-3-6-15/h12-14,17H,2-11,16H2,1H3. The van der Waals surface area contributed by atoms with E-state index in [2.05, 4.69) is 17.2 Å². The summed E-state index contributed by atoms with van der Waals surface area (Å²) in [6, 6.07) is 0.255. The third-order valence-corrected chi connectivity index (χ3v) is 5.52. The number of ether oxygens (including phenoxy) is 2. The van der Waals surface area contributed by atoms with Crippen LogP contribution in [0.4, 0.5) is 0 Å². The van der Waals surface area contributed by atoms with Crippen molar-refractivity contribution in [1.82, 2.24) is 10.3 Å². The average molecular weight is 283 g/mol. The lowest BCUT2D eigenvalue weighted by atomic mass is 9.70. The van der Waals surface area contributed by atoms with Crippen LogP contribution in [0.1, 0.15) is 39.0 Å². The van der Waals surface area contributed by atoms with Gasteiger partial charge in [-0.05, 0) is 44.6 Å². The molecular weight excluding hydrogens is 254 g/mol. The average Bonchev–Trinajstić information content (AvgIpc) is 2.47. The molecule has 3 rings (SSSR count). The molecule has 2 saturated heterocycles. The summed E-state index contributed by atoms with van der Waals surface area (Å²) in [5, 5.41) is 0. The van der Waals surface area contributed by atoms with Crippen molar-refractivity contribution in [2.75, 3.05) is 32.8 Å². The number of nitrogens with two attached hydrogens (primary N) is 1. The summed E-state index contributed by atoms with van der Waals surface area (Å²) in [6.45, 7) is 7.05. The van der Waals surface area contributed by atoms with Gasteiger partial charge in [-0.1, -0.05) is 6.92 Å². The molecule has 2 heterocycles. The highest BCUT2D eigenvalue weighted by Crippen LogP contribution is 2.45. The smallest absolute Gasteiger partial charge is 0.0871 e. The molecule has 0 aromatic carbocycles. The zero-order chi connectivity index (χ0) is 14.0. The van der Waals surface area contributed by atoms with E-state index in [0.29, 0.717) is 5.92 Å². The van der Waals surface area contributed by atoms with Crippen LogP contribution in [0.3, 0.4) is 0 Å². The molecule has 0 aromatic heterocycles. The maximum atomic E-state index is 6.04. The van der Waals surface area contributed by atoms with Gasteiger partial charge in [0, 0.05) is 19.7 Å². The first-order valence-corrected chi connectivity index (χ1v) is 8.20. The number of rotatable bonds is 4. The van der Waals surface area contributed by atoms with Crippen LogP contribution < -0.4 is 11.3 Å². The first-order valence-electron chi connectivity index (χ1n) is 8.20. The summed E-state index contributed by atoms with van der Waals surface area (Å²) < 4.78 is 12.0. The summed E-state index contributed by atoms with van der Waals surface area (Å²) >= 11 is 0. The van der Waals surface area contributed by atoms with Crippen LogP contribution in [0, 0.1) is 5.92 Å². The molecule has 3 unspecified atom stereocenters. The van der Waals surface area contributed by atoms with Gasteiger partial charge >= 0.3 is 0 Å². The molecule has 1 aliphatic carbocycles. The largest absolute Gasteiger partial charge is 0.375 e. The van der Waals surface area contributed by atoms with Gasteiger partial charge in [-0.15, -0.1) is 0 Å². The molecule has 2 aliphatic heterocycles. The maximum Gasteiger partial charge on any atom is 0.0871 e. The fourth-order valence-corrected chi connectivity index (χ4v) is 4.07. The molecule has 0 bridgehead atoms. The molecule has 20 heavy (non-hydrogen) atoms. The van der Waals surface area contributed by atoms with Crippen LogP contribution in [0.15, 0.2) is 0 Å². The molecule has 3 fully saturated rings. The number of morpholine rings is 1. The van der Waals surface area contributed by atoms with Crippen molar-refractivity contribution in [2.45, 2.75) is 56.8 Å². The minimum atomic E-state index is 0.178. The van der Waals surface area contributed by atoms with Gasteiger partial charge in [0.25, 0.3) is 0 Å². The summed E-state index contributed by atoms with van der Waals surface area (Å²) in [4.78, 5) is 2.46. The second-order valence-corrected chi connectivity index (χ2v) is 6.63. The highest BCUT2D eigenvalue weighted by Gasteiger charge is 2.46. The van der Waals surface area contributed by atoms with E-state index < -0.39 is 0 Å². The maximum absolute atomic E-state index is 6.04. The minimum absolute atomic E-state index is 0.178. The second kappa shape index (κ2) is 6.28. The van der Waals surface area contributed by atoms with Crippen LogP contribution in [0.25, 0.3) is 0 Å². The molecule has 3 N–H and O–H groups in total. The molecule has 1 saturated carbocycles. The van der Waals surface area contributed by atoms with E-state index in [0.717, 1.165) is 45.7 Å². The molecule has 3 aliphatic rings. The highest BCUT2D eigenvalue weighted by atomic mass is 16.5. The topological polar surface area (TPSA) is 59.8 Å². The van der Waals surface area contributed by atoms with Crippen LogP contribution in [0.2, 0.25) is 0 Å². The van der Waals surface area contributed by atoms with Crippen molar-refractivity contribution in [1.29, 1.82) is 0 Å². The highest BCUT2D eigenvalue weighted by molar-refractivity contribution is 4.98. The predicted molar refractivity (Wildman–Crippen MR) is 78.2 cm³/mol. The number of nitrogens with zero attached hydrogens (tertiary/aromatic N) is 1. The Morgan fingerprint density at radius 3 is 2.90 bits per heavy atom. The number of nitrogens with one attached hydrogen (secondary N) is 1. The van der Waals surface area contributed by atoms with E-state index in [9.17, 15) is 0 Å². The van der Waals surface area contributed by atoms with E-state index in [1.165, 1.54) is 19.3 Å². The molecule has 0 radical (unpaired) electrons. The van der Waals surface area contributed by atoms with E-state index >= 15 is 0 Å². The van der Waals surface area contributed by atoms with Gasteiger partial charge in [0.1, 0.15) is 0 Å². The Bertz CT molecular complexity index is 322. The number of hydrogen-bond donors (Lipinski definition) is 2. The molecule has 0 amide bonds. The Hall–Kier alpha value is -0.200. The molecule has 0 aromatic rings. The van der Waals surface area contributed by atoms with Crippen LogP contribution in [-0.2, 0) is 9.47 Å². The first-order chi connectivity index (χ1) is 9.76. The zero-order valence-corrected chi connectivity index (χ0v) is 12.6. The van der Waals surface area contributed by atoms with Crippen LogP contribution in [-0.4, -0.2) is 55.5 Å². The fourth-order valence-electron chi connectivity index (χ4n) is 4.07. The Morgan fingerprint density at radius 1 is 1.40 bits per heavy atom. The molecule has 116 valence electrons. The number of hydrogen-bond acceptors (Lipinski definition) is 5. The third kappa shape index (κ3) is 2.88. The van der Waals surface area contributed by atoms with E-state index in [-0.39, 0.29) is 17.7 Å². The van der Waals surface area contributed by atoms with Gasteiger partial charge in [-0.3, -0.25) is 16.2 Å². The van der Waals surface area contributed by atoms with E-state index in [1.807, 2.05) is 0 Å². The first kappa shape index (κ1) is 14.7. The molecule has 1 spiro atoms. The van der Waals surface area contributed by atoms with Crippen molar-refractivity contribution >= 4 is 0 Å². The minimum Gasteiger partial charge on any atom is -0.375 e. The Labute approximate surface area is 122 Å². The monoisotopic (exact) mass is 283 g/mol. The van der Waals surface area contributed by atoms with Crippen LogP contribution >= 0.6 is 0 Å². The number of likely N-dealkylation sites (N-methyl/N-ethyl adjacent to an activating group) is 1. The van der Waals surface area contributed by atoms with Gasteiger partial charge < -0.3 is 9.47 Å².